The Bertz CT molecular complexity index is 842. The second kappa shape index (κ2) is 7.78. The zero-order valence-corrected chi connectivity index (χ0v) is 15.1. The van der Waals surface area contributed by atoms with Crippen LogP contribution in [0.25, 0.3) is 0 Å². The van der Waals surface area contributed by atoms with Gasteiger partial charge in [0.25, 0.3) is 0 Å². The molecule has 0 bridgehead atoms. The van der Waals surface area contributed by atoms with Gasteiger partial charge in [-0.25, -0.2) is 0 Å². The van der Waals surface area contributed by atoms with Gasteiger partial charge in [-0.1, -0.05) is 42.1 Å². The summed E-state index contributed by atoms with van der Waals surface area (Å²) in [5, 5.41) is 8.65. The summed E-state index contributed by atoms with van der Waals surface area (Å²) in [4.78, 5) is 15.1. The SMILES string of the molecule is O=C(C(Sc1nncn1Cc1ccco1)c1ccccc1)N1CCCC1. The van der Waals surface area contributed by atoms with Crippen LogP contribution in [-0.4, -0.2) is 38.7 Å². The lowest BCUT2D eigenvalue weighted by molar-refractivity contribution is -0.129. The van der Waals surface area contributed by atoms with Gasteiger partial charge in [0.1, 0.15) is 17.3 Å². The number of carbonyl (C=O) groups excluding carboxylic acids is 1. The van der Waals surface area contributed by atoms with Crippen molar-refractivity contribution in [3.8, 4) is 0 Å². The molecule has 1 atom stereocenters. The van der Waals surface area contributed by atoms with Crippen molar-refractivity contribution in [3.05, 3.63) is 66.4 Å². The molecule has 1 saturated heterocycles. The van der Waals surface area contributed by atoms with Crippen molar-refractivity contribution in [2.24, 2.45) is 0 Å². The number of amides is 1. The molecule has 0 spiro atoms. The van der Waals surface area contributed by atoms with E-state index in [1.165, 1.54) is 11.8 Å². The average Bonchev–Trinajstić information content (AvgIpc) is 3.44. The van der Waals surface area contributed by atoms with Crippen molar-refractivity contribution in [1.82, 2.24) is 19.7 Å². The molecule has 1 aliphatic heterocycles. The van der Waals surface area contributed by atoms with E-state index in [9.17, 15) is 4.79 Å². The van der Waals surface area contributed by atoms with Gasteiger partial charge in [0.2, 0.25) is 5.91 Å². The molecule has 7 heteroatoms. The van der Waals surface area contributed by atoms with E-state index in [-0.39, 0.29) is 11.2 Å². The maximum atomic E-state index is 13.1. The first kappa shape index (κ1) is 16.9. The third-order valence-corrected chi connectivity index (χ3v) is 5.69. The third kappa shape index (κ3) is 3.67. The van der Waals surface area contributed by atoms with Crippen LogP contribution < -0.4 is 0 Å². The van der Waals surface area contributed by atoms with E-state index in [1.54, 1.807) is 12.6 Å². The van der Waals surface area contributed by atoms with Crippen molar-refractivity contribution in [2.45, 2.75) is 29.8 Å². The fourth-order valence-corrected chi connectivity index (χ4v) is 4.21. The van der Waals surface area contributed by atoms with Crippen LogP contribution in [0.4, 0.5) is 0 Å². The Morgan fingerprint density at radius 3 is 2.69 bits per heavy atom. The molecule has 6 nitrogen and oxygen atoms in total. The summed E-state index contributed by atoms with van der Waals surface area (Å²) in [6, 6.07) is 13.7. The molecule has 0 radical (unpaired) electrons. The number of likely N-dealkylation sites (tertiary alicyclic amines) is 1. The van der Waals surface area contributed by atoms with Gasteiger partial charge in [-0.15, -0.1) is 10.2 Å². The largest absolute Gasteiger partial charge is 0.467 e. The van der Waals surface area contributed by atoms with Crippen LogP contribution >= 0.6 is 11.8 Å². The van der Waals surface area contributed by atoms with Crippen molar-refractivity contribution in [1.29, 1.82) is 0 Å². The van der Waals surface area contributed by atoms with E-state index in [0.717, 1.165) is 37.3 Å². The van der Waals surface area contributed by atoms with E-state index < -0.39 is 0 Å². The Morgan fingerprint density at radius 1 is 1.15 bits per heavy atom. The zero-order valence-electron chi connectivity index (χ0n) is 14.3. The number of benzene rings is 1. The number of hydrogen-bond donors (Lipinski definition) is 0. The summed E-state index contributed by atoms with van der Waals surface area (Å²) in [5.74, 6) is 0.972. The van der Waals surface area contributed by atoms with E-state index in [2.05, 4.69) is 10.2 Å². The van der Waals surface area contributed by atoms with E-state index in [0.29, 0.717) is 11.7 Å². The van der Waals surface area contributed by atoms with Crippen molar-refractivity contribution < 1.29 is 9.21 Å². The highest BCUT2D eigenvalue weighted by Crippen LogP contribution is 2.36. The summed E-state index contributed by atoms with van der Waals surface area (Å²) < 4.78 is 7.33. The topological polar surface area (TPSA) is 64.2 Å². The molecule has 3 heterocycles. The Balaban J connectivity index is 1.59. The molecule has 4 rings (SSSR count). The smallest absolute Gasteiger partial charge is 0.240 e. The maximum absolute atomic E-state index is 13.1. The van der Waals surface area contributed by atoms with Crippen molar-refractivity contribution in [3.63, 3.8) is 0 Å². The lowest BCUT2D eigenvalue weighted by atomic mass is 10.1. The van der Waals surface area contributed by atoms with Gasteiger partial charge in [0.15, 0.2) is 5.16 Å². The van der Waals surface area contributed by atoms with E-state index in [1.807, 2.05) is 51.9 Å². The van der Waals surface area contributed by atoms with Gasteiger partial charge in [0, 0.05) is 13.1 Å². The van der Waals surface area contributed by atoms with Gasteiger partial charge >= 0.3 is 0 Å². The number of rotatable bonds is 6. The highest BCUT2D eigenvalue weighted by atomic mass is 32.2. The van der Waals surface area contributed by atoms with E-state index >= 15 is 0 Å². The highest BCUT2D eigenvalue weighted by molar-refractivity contribution is 8.00. The summed E-state index contributed by atoms with van der Waals surface area (Å²) in [7, 11) is 0. The van der Waals surface area contributed by atoms with Crippen LogP contribution in [0.1, 0.15) is 29.4 Å². The number of hydrogen-bond acceptors (Lipinski definition) is 5. The van der Waals surface area contributed by atoms with Crippen LogP contribution in [0.2, 0.25) is 0 Å². The molecule has 1 aliphatic rings. The molecule has 1 fully saturated rings. The van der Waals surface area contributed by atoms with Gasteiger partial charge in [0.05, 0.1) is 12.8 Å². The summed E-state index contributed by atoms with van der Waals surface area (Å²) >= 11 is 1.45. The molecule has 3 aromatic rings. The van der Waals surface area contributed by atoms with Gasteiger partial charge in [-0.05, 0) is 30.5 Å². The second-order valence-electron chi connectivity index (χ2n) is 6.26. The first-order valence-electron chi connectivity index (χ1n) is 8.72. The fraction of sp³-hybridized carbons (Fsp3) is 0.316. The number of carbonyl (C=O) groups is 1. The van der Waals surface area contributed by atoms with Crippen LogP contribution in [0, 0.1) is 0 Å². The summed E-state index contributed by atoms with van der Waals surface area (Å²) in [5.41, 5.74) is 0.988. The highest BCUT2D eigenvalue weighted by Gasteiger charge is 2.30. The molecule has 0 saturated carbocycles. The predicted molar refractivity (Wildman–Crippen MR) is 98.7 cm³/mol. The van der Waals surface area contributed by atoms with Crippen LogP contribution in [0.5, 0.6) is 0 Å². The van der Waals surface area contributed by atoms with Crippen LogP contribution in [-0.2, 0) is 11.3 Å². The minimum absolute atomic E-state index is 0.145. The van der Waals surface area contributed by atoms with Crippen LogP contribution in [0.15, 0.2) is 64.6 Å². The number of aromatic nitrogens is 3. The summed E-state index contributed by atoms with van der Waals surface area (Å²) in [6.07, 6.45) is 5.47. The molecule has 1 aromatic carbocycles. The predicted octanol–water partition coefficient (Wildman–Crippen LogP) is 3.38. The van der Waals surface area contributed by atoms with Crippen molar-refractivity contribution >= 4 is 17.7 Å². The van der Waals surface area contributed by atoms with Gasteiger partial charge in [-0.3, -0.25) is 4.79 Å². The molecule has 1 unspecified atom stereocenters. The Labute approximate surface area is 156 Å². The minimum atomic E-state index is -0.325. The molecular formula is C19H20N4O2S. The lowest BCUT2D eigenvalue weighted by Crippen LogP contribution is -2.31. The van der Waals surface area contributed by atoms with Gasteiger partial charge in [-0.2, -0.15) is 0 Å². The Hall–Kier alpha value is -2.54. The van der Waals surface area contributed by atoms with Crippen molar-refractivity contribution in [2.75, 3.05) is 13.1 Å². The lowest BCUT2D eigenvalue weighted by Gasteiger charge is -2.23. The minimum Gasteiger partial charge on any atom is -0.467 e. The normalized spacial score (nSPS) is 15.3. The van der Waals surface area contributed by atoms with Gasteiger partial charge < -0.3 is 13.9 Å². The molecule has 26 heavy (non-hydrogen) atoms. The zero-order chi connectivity index (χ0) is 17.8. The first-order valence-corrected chi connectivity index (χ1v) is 9.60. The first-order chi connectivity index (χ1) is 12.8. The Morgan fingerprint density at radius 2 is 1.96 bits per heavy atom. The second-order valence-corrected chi connectivity index (χ2v) is 7.33. The molecule has 1 amide bonds. The standard InChI is InChI=1S/C19H20N4O2S/c24-18(22-10-4-5-11-22)17(15-7-2-1-3-8-15)26-19-21-20-14-23(19)13-16-9-6-12-25-16/h1-3,6-9,12,14,17H,4-5,10-11,13H2. The summed E-state index contributed by atoms with van der Waals surface area (Å²) in [6.45, 7) is 2.21. The molecule has 0 N–H and O–H groups in total. The third-order valence-electron chi connectivity index (χ3n) is 4.45. The fourth-order valence-electron chi connectivity index (χ4n) is 3.11. The van der Waals surface area contributed by atoms with E-state index in [4.69, 9.17) is 4.42 Å². The molecule has 2 aromatic heterocycles. The quantitative estimate of drug-likeness (QED) is 0.624. The molecule has 134 valence electrons. The Kier molecular flexibility index (Phi) is 5.06. The average molecular weight is 368 g/mol. The number of thioether (sulfide) groups is 1. The maximum Gasteiger partial charge on any atom is 0.240 e. The molecular weight excluding hydrogens is 348 g/mol. The number of furan rings is 1. The number of nitrogens with zero attached hydrogens (tertiary/aromatic N) is 4. The monoisotopic (exact) mass is 368 g/mol. The van der Waals surface area contributed by atoms with Crippen LogP contribution in [0.3, 0.4) is 0 Å². The molecule has 0 aliphatic carbocycles.